The Morgan fingerprint density at radius 1 is 1.28 bits per heavy atom. The quantitative estimate of drug-likeness (QED) is 0.772. The minimum atomic E-state index is 0.0341. The molecular weight excluding hydrogens is 226 g/mol. The number of rotatable bonds is 5. The second-order valence-corrected chi connectivity index (χ2v) is 6.47. The Balaban J connectivity index is 2.48. The molecule has 0 aliphatic carbocycles. The van der Waals surface area contributed by atoms with Crippen molar-refractivity contribution >= 4 is 5.91 Å². The molecule has 1 aliphatic rings. The van der Waals surface area contributed by atoms with Crippen molar-refractivity contribution in [3.8, 4) is 0 Å². The Morgan fingerprint density at radius 3 is 2.33 bits per heavy atom. The summed E-state index contributed by atoms with van der Waals surface area (Å²) in [6.07, 6.45) is 1.32. The maximum atomic E-state index is 11.5. The zero-order valence-corrected chi connectivity index (χ0v) is 12.5. The van der Waals surface area contributed by atoms with E-state index < -0.39 is 0 Å². The molecule has 0 saturated carbocycles. The third-order valence-corrected chi connectivity index (χ3v) is 3.78. The van der Waals surface area contributed by atoms with E-state index >= 15 is 0 Å². The molecule has 1 heterocycles. The number of hydrogen-bond donors (Lipinski definition) is 2. The molecule has 1 amide bonds. The molecule has 0 radical (unpaired) electrons. The molecule has 1 aliphatic heterocycles. The summed E-state index contributed by atoms with van der Waals surface area (Å²) < 4.78 is 0. The van der Waals surface area contributed by atoms with E-state index in [-0.39, 0.29) is 11.4 Å². The van der Waals surface area contributed by atoms with Gasteiger partial charge < -0.3 is 10.6 Å². The lowest BCUT2D eigenvalue weighted by molar-refractivity contribution is -0.120. The standard InChI is InChI=1S/C14H29N3O/c1-11-6-12(2)9-17(8-11)14(3,4)10-16-13(18)7-15-5/h11-12,15H,6-10H2,1-5H3,(H,16,18). The van der Waals surface area contributed by atoms with Crippen molar-refractivity contribution in [1.29, 1.82) is 0 Å². The van der Waals surface area contributed by atoms with E-state index in [1.165, 1.54) is 6.42 Å². The summed E-state index contributed by atoms with van der Waals surface area (Å²) in [6, 6.07) is 0. The topological polar surface area (TPSA) is 44.4 Å². The second kappa shape index (κ2) is 6.53. The molecule has 106 valence electrons. The molecule has 18 heavy (non-hydrogen) atoms. The van der Waals surface area contributed by atoms with Gasteiger partial charge in [0.15, 0.2) is 0 Å². The number of likely N-dealkylation sites (tertiary alicyclic amines) is 1. The van der Waals surface area contributed by atoms with Crippen LogP contribution in [0, 0.1) is 11.8 Å². The van der Waals surface area contributed by atoms with Crippen LogP contribution >= 0.6 is 0 Å². The average molecular weight is 255 g/mol. The van der Waals surface area contributed by atoms with Crippen molar-refractivity contribution in [2.75, 3.05) is 33.2 Å². The van der Waals surface area contributed by atoms with Crippen molar-refractivity contribution in [1.82, 2.24) is 15.5 Å². The van der Waals surface area contributed by atoms with E-state index in [1.54, 1.807) is 7.05 Å². The molecular formula is C14H29N3O. The first-order valence-electron chi connectivity index (χ1n) is 7.01. The number of likely N-dealkylation sites (N-methyl/N-ethyl adjacent to an activating group) is 1. The lowest BCUT2D eigenvalue weighted by atomic mass is 9.88. The van der Waals surface area contributed by atoms with Crippen LogP contribution in [0.1, 0.15) is 34.1 Å². The molecule has 0 aromatic rings. The van der Waals surface area contributed by atoms with E-state index in [4.69, 9.17) is 0 Å². The van der Waals surface area contributed by atoms with Crippen LogP contribution in [0.5, 0.6) is 0 Å². The SMILES string of the molecule is CNCC(=O)NCC(C)(C)N1CC(C)CC(C)C1. The number of piperidine rings is 1. The number of carbonyl (C=O) groups is 1. The van der Waals surface area contributed by atoms with Crippen LogP contribution in [-0.2, 0) is 4.79 Å². The molecule has 1 rings (SSSR count). The zero-order valence-electron chi connectivity index (χ0n) is 12.5. The maximum Gasteiger partial charge on any atom is 0.234 e. The first-order chi connectivity index (χ1) is 8.35. The highest BCUT2D eigenvalue weighted by Crippen LogP contribution is 2.26. The minimum Gasteiger partial charge on any atom is -0.353 e. The Kier molecular flexibility index (Phi) is 5.60. The summed E-state index contributed by atoms with van der Waals surface area (Å²) in [5.41, 5.74) is 0.0341. The first kappa shape index (κ1) is 15.4. The molecule has 0 bridgehead atoms. The van der Waals surface area contributed by atoms with E-state index in [1.807, 2.05) is 0 Å². The van der Waals surface area contributed by atoms with Crippen molar-refractivity contribution in [3.63, 3.8) is 0 Å². The Morgan fingerprint density at radius 2 is 1.83 bits per heavy atom. The normalized spacial score (nSPS) is 26.1. The molecule has 4 heteroatoms. The summed E-state index contributed by atoms with van der Waals surface area (Å²) in [6.45, 7) is 12.5. The molecule has 0 aromatic carbocycles. The number of hydrogen-bond acceptors (Lipinski definition) is 3. The Bertz CT molecular complexity index is 268. The van der Waals surface area contributed by atoms with Crippen LogP contribution in [0.15, 0.2) is 0 Å². The Labute approximate surface area is 111 Å². The van der Waals surface area contributed by atoms with Gasteiger partial charge in [-0.1, -0.05) is 13.8 Å². The van der Waals surface area contributed by atoms with E-state index in [0.29, 0.717) is 13.1 Å². The molecule has 0 spiro atoms. The zero-order chi connectivity index (χ0) is 13.8. The lowest BCUT2D eigenvalue weighted by Crippen LogP contribution is -2.56. The fraction of sp³-hybridized carbons (Fsp3) is 0.929. The van der Waals surface area contributed by atoms with Gasteiger partial charge in [-0.25, -0.2) is 0 Å². The second-order valence-electron chi connectivity index (χ2n) is 6.47. The van der Waals surface area contributed by atoms with Gasteiger partial charge in [0.2, 0.25) is 5.91 Å². The predicted octanol–water partition coefficient (Wildman–Crippen LogP) is 1.08. The average Bonchev–Trinajstić information content (AvgIpc) is 2.26. The monoisotopic (exact) mass is 255 g/mol. The Hall–Kier alpha value is -0.610. The van der Waals surface area contributed by atoms with Crippen LogP contribution in [0.2, 0.25) is 0 Å². The highest BCUT2D eigenvalue weighted by Gasteiger charge is 2.32. The third kappa shape index (κ3) is 4.58. The summed E-state index contributed by atoms with van der Waals surface area (Å²) in [5, 5.41) is 5.88. The smallest absolute Gasteiger partial charge is 0.234 e. The predicted molar refractivity (Wildman–Crippen MR) is 75.5 cm³/mol. The summed E-state index contributed by atoms with van der Waals surface area (Å²) in [5.74, 6) is 1.57. The molecule has 2 atom stereocenters. The maximum absolute atomic E-state index is 11.5. The fourth-order valence-electron chi connectivity index (χ4n) is 2.81. The van der Waals surface area contributed by atoms with E-state index in [2.05, 4.69) is 43.2 Å². The molecule has 0 aromatic heterocycles. The van der Waals surface area contributed by atoms with Crippen LogP contribution in [0.25, 0.3) is 0 Å². The van der Waals surface area contributed by atoms with Gasteiger partial charge in [-0.05, 0) is 39.2 Å². The molecule has 4 nitrogen and oxygen atoms in total. The van der Waals surface area contributed by atoms with Gasteiger partial charge >= 0.3 is 0 Å². The van der Waals surface area contributed by atoms with E-state index in [0.717, 1.165) is 24.9 Å². The van der Waals surface area contributed by atoms with Crippen LogP contribution < -0.4 is 10.6 Å². The number of nitrogens with one attached hydrogen (secondary N) is 2. The lowest BCUT2D eigenvalue weighted by Gasteiger charge is -2.45. The van der Waals surface area contributed by atoms with Crippen molar-refractivity contribution in [3.05, 3.63) is 0 Å². The van der Waals surface area contributed by atoms with Crippen LogP contribution in [0.3, 0.4) is 0 Å². The van der Waals surface area contributed by atoms with Crippen molar-refractivity contribution in [2.45, 2.75) is 39.7 Å². The third-order valence-electron chi connectivity index (χ3n) is 3.78. The van der Waals surface area contributed by atoms with Gasteiger partial charge in [0.25, 0.3) is 0 Å². The first-order valence-corrected chi connectivity index (χ1v) is 7.01. The minimum absolute atomic E-state index is 0.0341. The van der Waals surface area contributed by atoms with Gasteiger partial charge in [-0.2, -0.15) is 0 Å². The summed E-state index contributed by atoms with van der Waals surface area (Å²) in [7, 11) is 1.79. The molecule has 2 N–H and O–H groups in total. The van der Waals surface area contributed by atoms with Crippen LogP contribution in [-0.4, -0.2) is 49.6 Å². The van der Waals surface area contributed by atoms with Crippen molar-refractivity contribution < 1.29 is 4.79 Å². The number of carbonyl (C=O) groups excluding carboxylic acids is 1. The summed E-state index contributed by atoms with van der Waals surface area (Å²) >= 11 is 0. The number of nitrogens with zero attached hydrogens (tertiary/aromatic N) is 1. The highest BCUT2D eigenvalue weighted by molar-refractivity contribution is 5.78. The summed E-state index contributed by atoms with van der Waals surface area (Å²) in [4.78, 5) is 14.0. The largest absolute Gasteiger partial charge is 0.353 e. The fourth-order valence-corrected chi connectivity index (χ4v) is 2.81. The van der Waals surface area contributed by atoms with Crippen LogP contribution in [0.4, 0.5) is 0 Å². The molecule has 1 saturated heterocycles. The highest BCUT2D eigenvalue weighted by atomic mass is 16.1. The van der Waals surface area contributed by atoms with Gasteiger partial charge in [0.05, 0.1) is 6.54 Å². The molecule has 2 unspecified atom stereocenters. The van der Waals surface area contributed by atoms with Crippen molar-refractivity contribution in [2.24, 2.45) is 11.8 Å². The van der Waals surface area contributed by atoms with Gasteiger partial charge in [-0.15, -0.1) is 0 Å². The van der Waals surface area contributed by atoms with Gasteiger partial charge in [0.1, 0.15) is 0 Å². The van der Waals surface area contributed by atoms with Gasteiger partial charge in [-0.3, -0.25) is 9.69 Å². The van der Waals surface area contributed by atoms with E-state index in [9.17, 15) is 4.79 Å². The number of amides is 1. The van der Waals surface area contributed by atoms with Gasteiger partial charge in [0, 0.05) is 25.2 Å². The molecule has 1 fully saturated rings.